The van der Waals surface area contributed by atoms with Crippen LogP contribution in [0.5, 0.6) is 0 Å². The average molecular weight is 172 g/mol. The topological polar surface area (TPSA) is 35.5 Å². The molecule has 2 fully saturated rings. The van der Waals surface area contributed by atoms with Crippen molar-refractivity contribution in [3.63, 3.8) is 0 Å². The van der Waals surface area contributed by atoms with Crippen LogP contribution in [-0.2, 0) is 14.3 Å². The summed E-state index contributed by atoms with van der Waals surface area (Å²) in [6.45, 7) is 5.00. The summed E-state index contributed by atoms with van der Waals surface area (Å²) in [6, 6.07) is 0. The minimum Gasteiger partial charge on any atom is -0.459 e. The zero-order valence-corrected chi connectivity index (χ0v) is 7.71. The normalized spacial score (nSPS) is 32.0. The molecule has 0 aromatic rings. The van der Waals surface area contributed by atoms with Crippen molar-refractivity contribution < 1.29 is 14.3 Å². The van der Waals surface area contributed by atoms with Crippen molar-refractivity contribution in [3.8, 4) is 0 Å². The fraction of sp³-hybridized carbons (Fsp3) is 0.889. The maximum atomic E-state index is 10.6. The van der Waals surface area contributed by atoms with Crippen molar-refractivity contribution in [2.75, 3.05) is 6.61 Å². The van der Waals surface area contributed by atoms with Crippen molar-refractivity contribution in [3.05, 3.63) is 0 Å². The number of esters is 1. The highest BCUT2D eigenvalue weighted by atomic mass is 16.6. The molecule has 0 bridgehead atoms. The van der Waals surface area contributed by atoms with Gasteiger partial charge in [-0.25, -0.2) is 0 Å². The first-order valence-corrected chi connectivity index (χ1v) is 4.59. The van der Waals surface area contributed by atoms with Crippen LogP contribution in [0.2, 0.25) is 0 Å². The monoisotopic (exact) mass is 172 g/mol. The molecule has 0 saturated carbocycles. The van der Waals surface area contributed by atoms with Crippen molar-refractivity contribution in [1.29, 1.82) is 0 Å². The van der Waals surface area contributed by atoms with Gasteiger partial charge in [-0.2, -0.15) is 0 Å². The summed E-state index contributed by atoms with van der Waals surface area (Å²) < 4.78 is 10.1. The third kappa shape index (κ3) is 2.21. The lowest BCUT2D eigenvalue weighted by molar-refractivity contribution is -0.141. The zero-order valence-electron chi connectivity index (χ0n) is 7.71. The molecule has 0 aromatic heterocycles. The van der Waals surface area contributed by atoms with Crippen LogP contribution in [0, 0.1) is 0 Å². The molecule has 0 spiro atoms. The Kier molecular flexibility index (Phi) is 3.53. The first kappa shape index (κ1) is 9.52. The minimum atomic E-state index is -0.107. The van der Waals surface area contributed by atoms with E-state index in [0.29, 0.717) is 6.42 Å². The predicted octanol–water partition coefficient (Wildman–Crippen LogP) is 1.51. The van der Waals surface area contributed by atoms with Gasteiger partial charge in [-0.15, -0.1) is 0 Å². The number of rotatable bonds is 0. The zero-order chi connectivity index (χ0) is 8.97. The van der Waals surface area contributed by atoms with E-state index in [1.807, 2.05) is 0 Å². The number of hydrogen-bond acceptors (Lipinski definition) is 3. The molecule has 12 heavy (non-hydrogen) atoms. The summed E-state index contributed by atoms with van der Waals surface area (Å²) in [5, 5.41) is 0. The molecule has 2 atom stereocenters. The Labute approximate surface area is 73.0 Å². The fourth-order valence-electron chi connectivity index (χ4n) is 1.34. The van der Waals surface area contributed by atoms with Crippen LogP contribution < -0.4 is 0 Å². The Hall–Kier alpha value is -0.570. The molecule has 2 aliphatic heterocycles. The van der Waals surface area contributed by atoms with Gasteiger partial charge in [0.1, 0.15) is 12.2 Å². The molecular formula is C9H16O3. The molecule has 2 saturated heterocycles. The largest absolute Gasteiger partial charge is 0.459 e. The van der Waals surface area contributed by atoms with Gasteiger partial charge in [-0.1, -0.05) is 20.3 Å². The molecule has 0 aromatic carbocycles. The van der Waals surface area contributed by atoms with E-state index in [1.54, 1.807) is 0 Å². The van der Waals surface area contributed by atoms with Gasteiger partial charge < -0.3 is 9.47 Å². The molecule has 0 radical (unpaired) electrons. The second-order valence-electron chi connectivity index (χ2n) is 3.14. The third-order valence-corrected chi connectivity index (χ3v) is 1.80. The van der Waals surface area contributed by atoms with Gasteiger partial charge in [0.15, 0.2) is 0 Å². The molecule has 3 heteroatoms. The molecule has 2 aliphatic rings. The van der Waals surface area contributed by atoms with E-state index in [9.17, 15) is 4.79 Å². The van der Waals surface area contributed by atoms with Crippen LogP contribution >= 0.6 is 0 Å². The second-order valence-corrected chi connectivity index (χ2v) is 3.14. The van der Waals surface area contributed by atoms with Gasteiger partial charge in [-0.3, -0.25) is 4.79 Å². The molecule has 0 amide bonds. The smallest absolute Gasteiger partial charge is 0.308 e. The van der Waals surface area contributed by atoms with E-state index in [4.69, 9.17) is 9.47 Å². The van der Waals surface area contributed by atoms with Gasteiger partial charge in [0, 0.05) is 6.42 Å². The Morgan fingerprint density at radius 1 is 1.42 bits per heavy atom. The first-order chi connectivity index (χ1) is 5.77. The molecular weight excluding hydrogens is 156 g/mol. The lowest BCUT2D eigenvalue weighted by Gasteiger charge is -2.02. The van der Waals surface area contributed by atoms with Crippen molar-refractivity contribution in [2.45, 2.75) is 45.3 Å². The highest BCUT2D eigenvalue weighted by Crippen LogP contribution is 2.26. The van der Waals surface area contributed by atoms with Crippen LogP contribution in [0.4, 0.5) is 0 Å². The number of ether oxygens (including phenoxy) is 2. The number of carbonyl (C=O) groups excluding carboxylic acids is 1. The van der Waals surface area contributed by atoms with Gasteiger partial charge in [0.2, 0.25) is 0 Å². The maximum Gasteiger partial charge on any atom is 0.308 e. The Balaban J connectivity index is 0.000000213. The highest BCUT2D eigenvalue weighted by molar-refractivity contribution is 5.72. The van der Waals surface area contributed by atoms with Crippen molar-refractivity contribution >= 4 is 5.97 Å². The van der Waals surface area contributed by atoms with E-state index in [2.05, 4.69) is 13.8 Å². The molecule has 3 nitrogen and oxygen atoms in total. The van der Waals surface area contributed by atoms with Gasteiger partial charge >= 0.3 is 5.97 Å². The van der Waals surface area contributed by atoms with Crippen LogP contribution in [0.1, 0.15) is 33.1 Å². The summed E-state index contributed by atoms with van der Waals surface area (Å²) in [5.74, 6) is -0.107. The van der Waals surface area contributed by atoms with E-state index < -0.39 is 0 Å². The molecule has 2 unspecified atom stereocenters. The average Bonchev–Trinajstić information content (AvgIpc) is 2.47. The predicted molar refractivity (Wildman–Crippen MR) is 44.8 cm³/mol. The summed E-state index contributed by atoms with van der Waals surface area (Å²) in [5.41, 5.74) is 0. The van der Waals surface area contributed by atoms with Gasteiger partial charge in [-0.05, 0) is 0 Å². The molecule has 2 rings (SSSR count). The lowest BCUT2D eigenvalue weighted by atomic mass is 10.2. The summed E-state index contributed by atoms with van der Waals surface area (Å²) >= 11 is 0. The van der Waals surface area contributed by atoms with Gasteiger partial charge in [0.05, 0.1) is 13.0 Å². The lowest BCUT2D eigenvalue weighted by Crippen LogP contribution is -2.13. The van der Waals surface area contributed by atoms with E-state index in [0.717, 1.165) is 13.0 Å². The Morgan fingerprint density at radius 2 is 2.08 bits per heavy atom. The quantitative estimate of drug-likeness (QED) is 0.519. The highest BCUT2D eigenvalue weighted by Gasteiger charge is 2.39. The number of hydrogen-bond donors (Lipinski definition) is 0. The molecule has 2 heterocycles. The Bertz CT molecular complexity index is 142. The number of fused-ring (bicyclic) bond motifs is 1. The first-order valence-electron chi connectivity index (χ1n) is 4.59. The standard InChI is InChI=1S/C6H8O3.C3H8/c7-6-3-5-4(9-6)1-2-8-5;1-3-2/h4-5H,1-3H2;3H2,1-2H3. The van der Waals surface area contributed by atoms with Crippen LogP contribution in [0.3, 0.4) is 0 Å². The van der Waals surface area contributed by atoms with Crippen LogP contribution in [-0.4, -0.2) is 24.8 Å². The third-order valence-electron chi connectivity index (χ3n) is 1.80. The summed E-state index contributed by atoms with van der Waals surface area (Å²) in [4.78, 5) is 10.6. The molecule has 0 N–H and O–H groups in total. The van der Waals surface area contributed by atoms with E-state index in [-0.39, 0.29) is 18.2 Å². The Morgan fingerprint density at radius 3 is 2.67 bits per heavy atom. The number of carbonyl (C=O) groups is 1. The fourth-order valence-corrected chi connectivity index (χ4v) is 1.34. The van der Waals surface area contributed by atoms with Crippen molar-refractivity contribution in [1.82, 2.24) is 0 Å². The van der Waals surface area contributed by atoms with Crippen LogP contribution in [0.25, 0.3) is 0 Å². The molecule has 0 aliphatic carbocycles. The summed E-state index contributed by atoms with van der Waals surface area (Å²) in [6.07, 6.45) is 2.76. The SMILES string of the molecule is CCC.O=C1CC2OCCC2O1. The second kappa shape index (κ2) is 4.45. The van der Waals surface area contributed by atoms with Crippen LogP contribution in [0.15, 0.2) is 0 Å². The summed E-state index contributed by atoms with van der Waals surface area (Å²) in [7, 11) is 0. The maximum absolute atomic E-state index is 10.6. The minimum absolute atomic E-state index is 0.0810. The molecule has 70 valence electrons. The van der Waals surface area contributed by atoms with E-state index in [1.165, 1.54) is 6.42 Å². The van der Waals surface area contributed by atoms with Crippen molar-refractivity contribution in [2.24, 2.45) is 0 Å². The van der Waals surface area contributed by atoms with E-state index >= 15 is 0 Å². The van der Waals surface area contributed by atoms with Gasteiger partial charge in [0.25, 0.3) is 0 Å².